The Bertz CT molecular complexity index is 1280. The van der Waals surface area contributed by atoms with Crippen molar-refractivity contribution in [1.29, 1.82) is 0 Å². The van der Waals surface area contributed by atoms with Crippen LogP contribution in [-0.4, -0.2) is 24.7 Å². The van der Waals surface area contributed by atoms with Crippen LogP contribution in [0.4, 0.5) is 10.8 Å². The number of hydrogen-bond acceptors (Lipinski definition) is 6. The van der Waals surface area contributed by atoms with Crippen molar-refractivity contribution in [1.82, 2.24) is 19.6 Å². The maximum Gasteiger partial charge on any atom is 0.209 e. The van der Waals surface area contributed by atoms with Crippen LogP contribution in [0.3, 0.4) is 0 Å². The summed E-state index contributed by atoms with van der Waals surface area (Å²) < 4.78 is 2.07. The minimum absolute atomic E-state index is 0.0328. The van der Waals surface area contributed by atoms with Crippen LogP contribution >= 0.6 is 11.3 Å². The highest BCUT2D eigenvalue weighted by molar-refractivity contribution is 7.13. The third-order valence-corrected chi connectivity index (χ3v) is 5.33. The topological polar surface area (TPSA) is 75.3 Å². The lowest BCUT2D eigenvalue weighted by Gasteiger charge is -2.08. The zero-order chi connectivity index (χ0) is 19.6. The van der Waals surface area contributed by atoms with Crippen molar-refractivity contribution in [3.8, 4) is 22.4 Å². The quantitative estimate of drug-likeness (QED) is 0.446. The van der Waals surface area contributed by atoms with Gasteiger partial charge in [0.2, 0.25) is 5.13 Å². The van der Waals surface area contributed by atoms with E-state index >= 15 is 0 Å². The third-order valence-electron chi connectivity index (χ3n) is 4.73. The molecule has 6 nitrogen and oxygen atoms in total. The van der Waals surface area contributed by atoms with Crippen molar-refractivity contribution in [3.63, 3.8) is 0 Å². The van der Waals surface area contributed by atoms with E-state index in [0.717, 1.165) is 44.4 Å². The highest BCUT2D eigenvalue weighted by Gasteiger charge is 2.09. The smallest absolute Gasteiger partial charge is 0.209 e. The molecule has 0 spiro atoms. The van der Waals surface area contributed by atoms with Gasteiger partial charge in [-0.25, -0.2) is 4.98 Å². The van der Waals surface area contributed by atoms with Crippen molar-refractivity contribution in [2.24, 2.45) is 0 Å². The molecule has 0 saturated carbocycles. The fourth-order valence-electron chi connectivity index (χ4n) is 3.33. The van der Waals surface area contributed by atoms with Crippen LogP contribution in [0.25, 0.3) is 28.0 Å². The summed E-state index contributed by atoms with van der Waals surface area (Å²) in [6.07, 6.45) is 3.91. The Kier molecular flexibility index (Phi) is 4.51. The highest BCUT2D eigenvalue weighted by atomic mass is 32.1. The van der Waals surface area contributed by atoms with Gasteiger partial charge in [0.05, 0.1) is 18.5 Å². The van der Waals surface area contributed by atoms with Gasteiger partial charge in [0, 0.05) is 17.4 Å². The number of pyridine rings is 1. The Morgan fingerprint density at radius 3 is 2.69 bits per heavy atom. The zero-order valence-corrected chi connectivity index (χ0v) is 16.2. The van der Waals surface area contributed by atoms with E-state index in [1.807, 2.05) is 48.8 Å². The number of aliphatic hydroxyl groups excluding tert-OH is 1. The van der Waals surface area contributed by atoms with Crippen molar-refractivity contribution in [2.75, 3.05) is 5.32 Å². The van der Waals surface area contributed by atoms with Gasteiger partial charge in [-0.1, -0.05) is 41.7 Å². The molecule has 0 unspecified atom stereocenters. The van der Waals surface area contributed by atoms with Gasteiger partial charge in [-0.05, 0) is 47.0 Å². The Morgan fingerprint density at radius 1 is 0.966 bits per heavy atom. The van der Waals surface area contributed by atoms with E-state index in [2.05, 4.69) is 49.2 Å². The third kappa shape index (κ3) is 3.49. The molecule has 3 aromatic heterocycles. The van der Waals surface area contributed by atoms with Gasteiger partial charge in [0.15, 0.2) is 0 Å². The number of imidazole rings is 1. The molecule has 0 fully saturated rings. The minimum Gasteiger partial charge on any atom is -0.392 e. The SMILES string of the molecule is OCc1cccc(-c2ccn3c(-c4cccc(Nc5nncs5)c4)cnc3c2)c1. The number of anilines is 2. The maximum absolute atomic E-state index is 9.38. The van der Waals surface area contributed by atoms with Crippen molar-refractivity contribution >= 4 is 27.8 Å². The summed E-state index contributed by atoms with van der Waals surface area (Å²) in [4.78, 5) is 4.60. The van der Waals surface area contributed by atoms with Gasteiger partial charge in [-0.3, -0.25) is 4.40 Å². The molecule has 5 aromatic rings. The second kappa shape index (κ2) is 7.46. The van der Waals surface area contributed by atoms with Gasteiger partial charge >= 0.3 is 0 Å². The minimum atomic E-state index is 0.0328. The second-order valence-electron chi connectivity index (χ2n) is 6.60. The molecular weight excluding hydrogens is 382 g/mol. The summed E-state index contributed by atoms with van der Waals surface area (Å²) in [7, 11) is 0. The van der Waals surface area contributed by atoms with E-state index in [0.29, 0.717) is 0 Å². The largest absolute Gasteiger partial charge is 0.392 e. The average Bonchev–Trinajstić information content (AvgIpc) is 3.43. The van der Waals surface area contributed by atoms with Crippen LogP contribution in [0.1, 0.15) is 5.56 Å². The van der Waals surface area contributed by atoms with Crippen LogP contribution in [-0.2, 0) is 6.61 Å². The average molecular weight is 399 g/mol. The molecule has 0 aliphatic heterocycles. The van der Waals surface area contributed by atoms with E-state index in [4.69, 9.17) is 0 Å². The van der Waals surface area contributed by atoms with E-state index < -0.39 is 0 Å². The Balaban J connectivity index is 1.50. The van der Waals surface area contributed by atoms with Crippen molar-refractivity contribution in [3.05, 3.63) is 84.1 Å². The molecule has 0 bridgehead atoms. The Morgan fingerprint density at radius 2 is 1.83 bits per heavy atom. The fraction of sp³-hybridized carbons (Fsp3) is 0.0455. The standard InChI is InChI=1S/C22H17N5OS/c28-13-15-3-1-4-16(9-15)17-7-8-27-20(12-23-21(27)11-17)18-5-2-6-19(10-18)25-22-26-24-14-29-22/h1-12,14,28H,13H2,(H,25,26). The van der Waals surface area contributed by atoms with Crippen LogP contribution in [0.15, 0.2) is 78.6 Å². The molecule has 0 atom stereocenters. The van der Waals surface area contributed by atoms with Crippen LogP contribution in [0, 0.1) is 0 Å². The van der Waals surface area contributed by atoms with Crippen molar-refractivity contribution < 1.29 is 5.11 Å². The number of rotatable bonds is 5. The number of benzene rings is 2. The molecule has 0 aliphatic carbocycles. The summed E-state index contributed by atoms with van der Waals surface area (Å²) in [5.41, 5.74) is 8.61. The Hall–Kier alpha value is -3.55. The molecule has 3 heterocycles. The molecule has 0 saturated heterocycles. The van der Waals surface area contributed by atoms with Crippen LogP contribution in [0.2, 0.25) is 0 Å². The molecule has 5 rings (SSSR count). The monoisotopic (exact) mass is 399 g/mol. The molecule has 2 N–H and O–H groups in total. The first-order chi connectivity index (χ1) is 14.3. The summed E-state index contributed by atoms with van der Waals surface area (Å²) in [6, 6.07) is 20.2. The number of nitrogens with zero attached hydrogens (tertiary/aromatic N) is 4. The molecule has 142 valence electrons. The van der Waals surface area contributed by atoms with Gasteiger partial charge < -0.3 is 10.4 Å². The van der Waals surface area contributed by atoms with Gasteiger partial charge in [-0.15, -0.1) is 10.2 Å². The molecule has 7 heteroatoms. The highest BCUT2D eigenvalue weighted by Crippen LogP contribution is 2.28. The predicted octanol–water partition coefficient (Wildman–Crippen LogP) is 4.76. The lowest BCUT2D eigenvalue weighted by atomic mass is 10.0. The van der Waals surface area contributed by atoms with E-state index in [9.17, 15) is 5.11 Å². The van der Waals surface area contributed by atoms with Gasteiger partial charge in [0.1, 0.15) is 11.2 Å². The summed E-state index contributed by atoms with van der Waals surface area (Å²) >= 11 is 1.46. The van der Waals surface area contributed by atoms with Gasteiger partial charge in [0.25, 0.3) is 0 Å². The number of aromatic nitrogens is 4. The zero-order valence-electron chi connectivity index (χ0n) is 15.4. The number of aliphatic hydroxyl groups is 1. The number of nitrogens with one attached hydrogen (secondary N) is 1. The summed E-state index contributed by atoms with van der Waals surface area (Å²) in [5.74, 6) is 0. The summed E-state index contributed by atoms with van der Waals surface area (Å²) in [5, 5.41) is 21.3. The first-order valence-electron chi connectivity index (χ1n) is 9.11. The first-order valence-corrected chi connectivity index (χ1v) is 9.99. The van der Waals surface area contributed by atoms with E-state index in [-0.39, 0.29) is 6.61 Å². The summed E-state index contributed by atoms with van der Waals surface area (Å²) in [6.45, 7) is 0.0328. The van der Waals surface area contributed by atoms with E-state index in [1.165, 1.54) is 11.3 Å². The number of hydrogen-bond donors (Lipinski definition) is 2. The first kappa shape index (κ1) is 17.5. The fourth-order valence-corrected chi connectivity index (χ4v) is 3.80. The molecule has 0 aliphatic rings. The normalized spacial score (nSPS) is 11.1. The predicted molar refractivity (Wildman–Crippen MR) is 115 cm³/mol. The van der Waals surface area contributed by atoms with E-state index in [1.54, 1.807) is 5.51 Å². The van der Waals surface area contributed by atoms with Crippen LogP contribution < -0.4 is 5.32 Å². The molecule has 29 heavy (non-hydrogen) atoms. The molecular formula is C22H17N5OS. The molecule has 2 aromatic carbocycles. The van der Waals surface area contributed by atoms with Crippen molar-refractivity contribution in [2.45, 2.75) is 6.61 Å². The number of fused-ring (bicyclic) bond motifs is 1. The molecule has 0 radical (unpaired) electrons. The second-order valence-corrected chi connectivity index (χ2v) is 7.43. The lowest BCUT2D eigenvalue weighted by Crippen LogP contribution is -1.92. The maximum atomic E-state index is 9.38. The molecule has 0 amide bonds. The Labute approximate surface area is 171 Å². The lowest BCUT2D eigenvalue weighted by molar-refractivity contribution is 0.282. The van der Waals surface area contributed by atoms with Gasteiger partial charge in [-0.2, -0.15) is 0 Å². The van der Waals surface area contributed by atoms with Crippen LogP contribution in [0.5, 0.6) is 0 Å².